The second kappa shape index (κ2) is 5.83. The minimum atomic E-state index is -0.603. The molecule has 0 radical (unpaired) electrons. The van der Waals surface area contributed by atoms with Crippen molar-refractivity contribution < 1.29 is 19.4 Å². The summed E-state index contributed by atoms with van der Waals surface area (Å²) in [4.78, 5) is 19.1. The van der Waals surface area contributed by atoms with Crippen LogP contribution < -0.4 is 0 Å². The number of esters is 1. The summed E-state index contributed by atoms with van der Waals surface area (Å²) in [6, 6.07) is 3.40. The van der Waals surface area contributed by atoms with E-state index in [9.17, 15) is 9.90 Å². The van der Waals surface area contributed by atoms with E-state index in [0.717, 1.165) is 12.8 Å². The minimum absolute atomic E-state index is 0.161. The van der Waals surface area contributed by atoms with Crippen LogP contribution in [0, 0.1) is 5.92 Å². The Morgan fingerprint density at radius 2 is 2.29 bits per heavy atom. The fourth-order valence-corrected chi connectivity index (χ4v) is 2.77. The monoisotopic (exact) mass is 290 g/mol. The number of hydrogen-bond donors (Lipinski definition) is 2. The van der Waals surface area contributed by atoms with E-state index >= 15 is 0 Å². The molecule has 1 aliphatic heterocycles. The van der Waals surface area contributed by atoms with Crippen LogP contribution in [0.5, 0.6) is 0 Å². The first-order chi connectivity index (χ1) is 10.2. The highest BCUT2D eigenvalue weighted by Crippen LogP contribution is 2.31. The Morgan fingerprint density at radius 3 is 3.00 bits per heavy atom. The maximum absolute atomic E-state index is 11.8. The number of nitrogens with one attached hydrogen (secondary N) is 1. The number of ether oxygens (including phenoxy) is 2. The number of rotatable bonds is 3. The number of aromatic amines is 1. The van der Waals surface area contributed by atoms with Gasteiger partial charge in [0.05, 0.1) is 29.8 Å². The summed E-state index contributed by atoms with van der Waals surface area (Å²) >= 11 is 0. The first-order valence-corrected chi connectivity index (χ1v) is 7.02. The standard InChI is InChI=1S/C15H18N2O4/c1-20-15(19)10-2-5-16-11-8-12(17-13(10)11)14(18)9-3-6-21-7-4-9/h2,5,8-9,14,17-18H,3-4,6-7H2,1H3. The molecule has 2 aromatic heterocycles. The number of pyridine rings is 1. The van der Waals surface area contributed by atoms with Crippen LogP contribution in [0.1, 0.15) is 35.0 Å². The van der Waals surface area contributed by atoms with Crippen molar-refractivity contribution in [2.45, 2.75) is 18.9 Å². The van der Waals surface area contributed by atoms with E-state index in [4.69, 9.17) is 9.47 Å². The lowest BCUT2D eigenvalue weighted by Crippen LogP contribution is -2.22. The smallest absolute Gasteiger partial charge is 0.340 e. The van der Waals surface area contributed by atoms with E-state index in [2.05, 4.69) is 9.97 Å². The number of methoxy groups -OCH3 is 1. The summed E-state index contributed by atoms with van der Waals surface area (Å²) in [6.45, 7) is 1.35. The molecule has 0 aromatic carbocycles. The van der Waals surface area contributed by atoms with Crippen LogP contribution in [0.2, 0.25) is 0 Å². The van der Waals surface area contributed by atoms with Gasteiger partial charge in [-0.2, -0.15) is 0 Å². The molecule has 3 rings (SSSR count). The molecule has 0 saturated carbocycles. The van der Waals surface area contributed by atoms with Crippen molar-refractivity contribution in [2.24, 2.45) is 5.92 Å². The molecule has 3 heterocycles. The highest BCUT2D eigenvalue weighted by atomic mass is 16.5. The first kappa shape index (κ1) is 14.0. The molecular formula is C15H18N2O4. The second-order valence-electron chi connectivity index (χ2n) is 5.23. The summed E-state index contributed by atoms with van der Waals surface area (Å²) in [7, 11) is 1.34. The first-order valence-electron chi connectivity index (χ1n) is 7.02. The third-order valence-electron chi connectivity index (χ3n) is 3.98. The Kier molecular flexibility index (Phi) is 3.90. The van der Waals surface area contributed by atoms with Gasteiger partial charge in [-0.3, -0.25) is 4.98 Å². The van der Waals surface area contributed by atoms with Gasteiger partial charge in [-0.05, 0) is 30.9 Å². The molecular weight excluding hydrogens is 272 g/mol. The highest BCUT2D eigenvalue weighted by Gasteiger charge is 2.25. The lowest BCUT2D eigenvalue weighted by atomic mass is 9.92. The van der Waals surface area contributed by atoms with Crippen LogP contribution in [0.3, 0.4) is 0 Å². The van der Waals surface area contributed by atoms with Crippen LogP contribution in [0.4, 0.5) is 0 Å². The largest absolute Gasteiger partial charge is 0.465 e. The van der Waals surface area contributed by atoms with Crippen molar-refractivity contribution in [3.63, 3.8) is 0 Å². The van der Waals surface area contributed by atoms with Gasteiger partial charge in [0.25, 0.3) is 0 Å². The number of nitrogens with zero attached hydrogens (tertiary/aromatic N) is 1. The fourth-order valence-electron chi connectivity index (χ4n) is 2.77. The summed E-state index contributed by atoms with van der Waals surface area (Å²) in [5.41, 5.74) is 2.36. The van der Waals surface area contributed by atoms with E-state index in [1.54, 1.807) is 18.3 Å². The van der Waals surface area contributed by atoms with Gasteiger partial charge in [-0.15, -0.1) is 0 Å². The molecule has 0 aliphatic carbocycles. The minimum Gasteiger partial charge on any atom is -0.465 e. The van der Waals surface area contributed by atoms with Gasteiger partial charge in [0.15, 0.2) is 0 Å². The molecule has 6 nitrogen and oxygen atoms in total. The Morgan fingerprint density at radius 1 is 1.52 bits per heavy atom. The molecule has 0 amide bonds. The van der Waals surface area contributed by atoms with Crippen molar-refractivity contribution in [2.75, 3.05) is 20.3 Å². The lowest BCUT2D eigenvalue weighted by Gasteiger charge is -2.26. The van der Waals surface area contributed by atoms with E-state index in [1.165, 1.54) is 7.11 Å². The van der Waals surface area contributed by atoms with Gasteiger partial charge in [-0.25, -0.2) is 4.79 Å². The van der Waals surface area contributed by atoms with Gasteiger partial charge in [0, 0.05) is 25.1 Å². The molecule has 1 saturated heterocycles. The Labute approximate surface area is 122 Å². The van der Waals surface area contributed by atoms with E-state index in [-0.39, 0.29) is 5.92 Å². The van der Waals surface area contributed by atoms with Crippen molar-refractivity contribution in [3.8, 4) is 0 Å². The normalized spacial score (nSPS) is 17.8. The number of aliphatic hydroxyl groups is 1. The van der Waals surface area contributed by atoms with Gasteiger partial charge in [0.1, 0.15) is 0 Å². The highest BCUT2D eigenvalue weighted by molar-refractivity contribution is 6.01. The number of fused-ring (bicyclic) bond motifs is 1. The fraction of sp³-hybridized carbons (Fsp3) is 0.467. The van der Waals surface area contributed by atoms with Crippen LogP contribution in [0.25, 0.3) is 11.0 Å². The van der Waals surface area contributed by atoms with Gasteiger partial charge in [-0.1, -0.05) is 0 Å². The van der Waals surface area contributed by atoms with E-state index < -0.39 is 12.1 Å². The number of hydrogen-bond acceptors (Lipinski definition) is 5. The summed E-state index contributed by atoms with van der Waals surface area (Å²) in [6.07, 6.45) is 2.61. The zero-order valence-corrected chi connectivity index (χ0v) is 11.8. The van der Waals surface area contributed by atoms with Gasteiger partial charge < -0.3 is 19.6 Å². The molecule has 21 heavy (non-hydrogen) atoms. The van der Waals surface area contributed by atoms with Crippen LogP contribution >= 0.6 is 0 Å². The maximum Gasteiger partial charge on any atom is 0.340 e. The average molecular weight is 290 g/mol. The average Bonchev–Trinajstić information content (AvgIpc) is 2.98. The number of H-pyrrole nitrogens is 1. The van der Waals surface area contributed by atoms with Crippen molar-refractivity contribution in [3.05, 3.63) is 29.6 Å². The second-order valence-corrected chi connectivity index (χ2v) is 5.23. The SMILES string of the molecule is COC(=O)c1ccnc2cc(C(O)C3CCOCC3)[nH]c12. The van der Waals surface area contributed by atoms with E-state index in [1.807, 2.05) is 0 Å². The quantitative estimate of drug-likeness (QED) is 0.842. The third kappa shape index (κ3) is 2.64. The predicted molar refractivity (Wildman–Crippen MR) is 75.9 cm³/mol. The molecule has 0 spiro atoms. The Balaban J connectivity index is 1.95. The molecule has 1 unspecified atom stereocenters. The van der Waals surface area contributed by atoms with Crippen molar-refractivity contribution in [1.29, 1.82) is 0 Å². The molecule has 112 valence electrons. The molecule has 2 N–H and O–H groups in total. The molecule has 1 atom stereocenters. The van der Waals surface area contributed by atoms with Crippen LogP contribution in [0.15, 0.2) is 18.3 Å². The predicted octanol–water partition coefficient (Wildman–Crippen LogP) is 1.81. The summed E-state index contributed by atoms with van der Waals surface area (Å²) in [5.74, 6) is -0.259. The van der Waals surface area contributed by atoms with E-state index in [0.29, 0.717) is 35.5 Å². The van der Waals surface area contributed by atoms with Crippen LogP contribution in [-0.4, -0.2) is 41.4 Å². The molecule has 1 fully saturated rings. The Hall–Kier alpha value is -1.92. The Bertz CT molecular complexity index is 646. The number of aliphatic hydroxyl groups excluding tert-OH is 1. The summed E-state index contributed by atoms with van der Waals surface area (Å²) in [5, 5.41) is 10.5. The number of carbonyl (C=O) groups is 1. The van der Waals surface area contributed by atoms with Gasteiger partial charge >= 0.3 is 5.97 Å². The number of carbonyl (C=O) groups excluding carboxylic acids is 1. The lowest BCUT2D eigenvalue weighted by molar-refractivity contribution is 0.00584. The van der Waals surface area contributed by atoms with Crippen molar-refractivity contribution in [1.82, 2.24) is 9.97 Å². The topological polar surface area (TPSA) is 84.4 Å². The summed E-state index contributed by atoms with van der Waals surface area (Å²) < 4.78 is 10.1. The molecule has 2 aromatic rings. The molecule has 1 aliphatic rings. The maximum atomic E-state index is 11.8. The van der Waals surface area contributed by atoms with Gasteiger partial charge in [0.2, 0.25) is 0 Å². The molecule has 0 bridgehead atoms. The van der Waals surface area contributed by atoms with Crippen LogP contribution in [-0.2, 0) is 9.47 Å². The zero-order valence-electron chi connectivity index (χ0n) is 11.8. The third-order valence-corrected chi connectivity index (χ3v) is 3.98. The number of aromatic nitrogens is 2. The zero-order chi connectivity index (χ0) is 14.8. The van der Waals surface area contributed by atoms with Crippen molar-refractivity contribution >= 4 is 17.0 Å². The molecule has 6 heteroatoms.